The van der Waals surface area contributed by atoms with Gasteiger partial charge in [0.2, 0.25) is 0 Å². The average molecular weight is 458 g/mol. The third-order valence-corrected chi connectivity index (χ3v) is 6.21. The number of nitrogens with zero attached hydrogens (tertiary/aromatic N) is 3. The van der Waals surface area contributed by atoms with Crippen LogP contribution in [0.2, 0.25) is 0 Å². The van der Waals surface area contributed by atoms with E-state index < -0.39 is 5.60 Å². The fourth-order valence-electron chi connectivity index (χ4n) is 4.67. The summed E-state index contributed by atoms with van der Waals surface area (Å²) in [5.74, 6) is 0.187. The molecule has 1 atom stereocenters. The molecular weight excluding hydrogens is 418 g/mol. The number of pyridine rings is 1. The van der Waals surface area contributed by atoms with Crippen LogP contribution in [0.5, 0.6) is 0 Å². The van der Waals surface area contributed by atoms with Crippen molar-refractivity contribution in [3.8, 4) is 0 Å². The lowest BCUT2D eigenvalue weighted by atomic mass is 10.1. The number of amides is 1. The molecule has 0 aromatic carbocycles. The summed E-state index contributed by atoms with van der Waals surface area (Å²) in [6, 6.07) is 4.31. The maximum atomic E-state index is 13.2. The Labute approximate surface area is 198 Å². The van der Waals surface area contributed by atoms with Crippen molar-refractivity contribution in [1.82, 2.24) is 9.88 Å². The lowest BCUT2D eigenvalue weighted by Crippen LogP contribution is -2.46. The highest BCUT2D eigenvalue weighted by molar-refractivity contribution is 5.88. The molecule has 1 aliphatic heterocycles. The largest absolute Gasteiger partial charge is 0.463 e. The predicted octanol–water partition coefficient (Wildman–Crippen LogP) is 5.20. The van der Waals surface area contributed by atoms with Gasteiger partial charge < -0.3 is 9.47 Å². The number of hydrogen-bond donors (Lipinski definition) is 0. The molecule has 1 aromatic rings. The number of hydrogen-bond acceptors (Lipinski definition) is 6. The van der Waals surface area contributed by atoms with Crippen molar-refractivity contribution in [1.29, 1.82) is 0 Å². The molecule has 2 fully saturated rings. The second-order valence-electron chi connectivity index (χ2n) is 9.97. The number of carbonyl (C=O) groups excluding carboxylic acids is 2. The Morgan fingerprint density at radius 2 is 1.88 bits per heavy atom. The summed E-state index contributed by atoms with van der Waals surface area (Å²) in [5, 5.41) is 0. The van der Waals surface area contributed by atoms with E-state index in [4.69, 9.17) is 9.47 Å². The lowest BCUT2D eigenvalue weighted by Gasteiger charge is -2.32. The van der Waals surface area contributed by atoms with Crippen molar-refractivity contribution in [2.75, 3.05) is 24.6 Å². The van der Waals surface area contributed by atoms with Crippen LogP contribution >= 0.6 is 0 Å². The third-order valence-electron chi connectivity index (χ3n) is 6.21. The Morgan fingerprint density at radius 1 is 1.15 bits per heavy atom. The van der Waals surface area contributed by atoms with Gasteiger partial charge >= 0.3 is 12.1 Å². The summed E-state index contributed by atoms with van der Waals surface area (Å²) in [7, 11) is 0. The van der Waals surface area contributed by atoms with E-state index in [0.717, 1.165) is 25.1 Å². The smallest absolute Gasteiger partial charge is 0.416 e. The fraction of sp³-hybridized carbons (Fsp3) is 0.654. The normalized spacial score (nSPS) is 20.5. The quantitative estimate of drug-likeness (QED) is 0.332. The minimum atomic E-state index is -0.586. The van der Waals surface area contributed by atoms with Gasteiger partial charge in [-0.05, 0) is 70.7 Å². The molecule has 2 heterocycles. The zero-order valence-electron chi connectivity index (χ0n) is 20.6. The van der Waals surface area contributed by atoms with Crippen LogP contribution in [-0.4, -0.2) is 59.3 Å². The van der Waals surface area contributed by atoms with Crippen molar-refractivity contribution < 1.29 is 19.1 Å². The third kappa shape index (κ3) is 7.56. The molecule has 0 N–H and O–H groups in total. The molecule has 182 valence electrons. The molecule has 7 heteroatoms. The van der Waals surface area contributed by atoms with Gasteiger partial charge in [-0.2, -0.15) is 0 Å². The van der Waals surface area contributed by atoms with E-state index in [1.54, 1.807) is 24.1 Å². The summed E-state index contributed by atoms with van der Waals surface area (Å²) < 4.78 is 10.7. The Bertz CT molecular complexity index is 808. The van der Waals surface area contributed by atoms with Crippen LogP contribution < -0.4 is 4.90 Å². The Morgan fingerprint density at radius 3 is 2.48 bits per heavy atom. The summed E-state index contributed by atoms with van der Waals surface area (Å²) in [6.45, 7) is 9.59. The van der Waals surface area contributed by atoms with Gasteiger partial charge in [0.05, 0.1) is 12.6 Å². The average Bonchev–Trinajstić information content (AvgIpc) is 3.06. The topological polar surface area (TPSA) is 72.0 Å². The summed E-state index contributed by atoms with van der Waals surface area (Å²) in [5.41, 5.74) is 0.180. The molecule has 1 saturated heterocycles. The van der Waals surface area contributed by atoms with Crippen molar-refractivity contribution in [3.63, 3.8) is 0 Å². The zero-order chi connectivity index (χ0) is 23.8. The maximum Gasteiger partial charge on any atom is 0.416 e. The van der Waals surface area contributed by atoms with E-state index in [9.17, 15) is 9.59 Å². The minimum absolute atomic E-state index is 0.0246. The number of carbonyl (C=O) groups is 2. The first kappa shape index (κ1) is 25.2. The number of aromatic nitrogens is 1. The standard InChI is InChI=1S/C26H39N3O4/c1-5-32-24(30)15-13-20-12-14-23(27-18-20)29(25(31)33-26(2,3)4)22-16-17-28(19-22)21-10-8-6-7-9-11-21/h12-15,18,21-22H,5-11,16-17,19H2,1-4H3/b15-13+/t22-/m1/s1. The molecule has 7 nitrogen and oxygen atoms in total. The molecule has 0 radical (unpaired) electrons. The Hall–Kier alpha value is -2.41. The highest BCUT2D eigenvalue weighted by Crippen LogP contribution is 2.29. The van der Waals surface area contributed by atoms with Crippen LogP contribution in [0.15, 0.2) is 24.4 Å². The molecule has 1 amide bonds. The summed E-state index contributed by atoms with van der Waals surface area (Å²) >= 11 is 0. The van der Waals surface area contributed by atoms with Crippen molar-refractivity contribution in [2.24, 2.45) is 0 Å². The van der Waals surface area contributed by atoms with Gasteiger partial charge in [-0.3, -0.25) is 9.80 Å². The second-order valence-corrected chi connectivity index (χ2v) is 9.97. The second kappa shape index (κ2) is 11.6. The van der Waals surface area contributed by atoms with E-state index in [1.165, 1.54) is 44.6 Å². The molecule has 2 aliphatic rings. The number of rotatable bonds is 6. The van der Waals surface area contributed by atoms with Gasteiger partial charge in [0.15, 0.2) is 0 Å². The molecule has 0 spiro atoms. The molecule has 0 bridgehead atoms. The van der Waals surface area contributed by atoms with Crippen molar-refractivity contribution >= 4 is 24.0 Å². The first-order chi connectivity index (χ1) is 15.8. The van der Waals surface area contributed by atoms with Crippen LogP contribution in [0.3, 0.4) is 0 Å². The SMILES string of the molecule is CCOC(=O)/C=C/c1ccc(N(C(=O)OC(C)(C)C)[C@@H]2CCN(C3CCCCCC3)C2)nc1. The lowest BCUT2D eigenvalue weighted by molar-refractivity contribution is -0.137. The number of esters is 1. The van der Waals surface area contributed by atoms with Crippen LogP contribution in [0, 0.1) is 0 Å². The van der Waals surface area contributed by atoms with Crippen LogP contribution in [0.25, 0.3) is 6.08 Å². The van der Waals surface area contributed by atoms with Crippen LogP contribution in [-0.2, 0) is 14.3 Å². The monoisotopic (exact) mass is 457 g/mol. The van der Waals surface area contributed by atoms with E-state index in [0.29, 0.717) is 18.5 Å². The fourth-order valence-corrected chi connectivity index (χ4v) is 4.67. The molecule has 1 saturated carbocycles. The number of likely N-dealkylation sites (tertiary alicyclic amines) is 1. The first-order valence-electron chi connectivity index (χ1n) is 12.3. The number of ether oxygens (including phenoxy) is 2. The zero-order valence-corrected chi connectivity index (χ0v) is 20.6. The van der Waals surface area contributed by atoms with E-state index >= 15 is 0 Å². The minimum Gasteiger partial charge on any atom is -0.463 e. The maximum absolute atomic E-state index is 13.2. The summed E-state index contributed by atoms with van der Waals surface area (Å²) in [4.78, 5) is 33.6. The first-order valence-corrected chi connectivity index (χ1v) is 12.3. The highest BCUT2D eigenvalue weighted by atomic mass is 16.6. The molecule has 1 aromatic heterocycles. The molecular formula is C26H39N3O4. The van der Waals surface area contributed by atoms with Gasteiger partial charge in [-0.25, -0.2) is 14.6 Å². The van der Waals surface area contributed by atoms with Gasteiger partial charge in [-0.15, -0.1) is 0 Å². The van der Waals surface area contributed by atoms with Crippen molar-refractivity contribution in [2.45, 2.75) is 90.3 Å². The van der Waals surface area contributed by atoms with E-state index in [2.05, 4.69) is 9.88 Å². The van der Waals surface area contributed by atoms with E-state index in [-0.39, 0.29) is 18.1 Å². The molecule has 3 rings (SSSR count). The summed E-state index contributed by atoms with van der Waals surface area (Å²) in [6.07, 6.45) is 13.0. The van der Waals surface area contributed by atoms with Gasteiger partial charge in [0.1, 0.15) is 11.4 Å². The van der Waals surface area contributed by atoms with Crippen LogP contribution in [0.4, 0.5) is 10.6 Å². The Kier molecular flexibility index (Phi) is 8.89. The predicted molar refractivity (Wildman–Crippen MR) is 130 cm³/mol. The molecule has 0 unspecified atom stereocenters. The highest BCUT2D eigenvalue weighted by Gasteiger charge is 2.37. The Balaban J connectivity index is 1.76. The van der Waals surface area contributed by atoms with Crippen LogP contribution in [0.1, 0.15) is 78.2 Å². The van der Waals surface area contributed by atoms with Gasteiger partial charge in [0.25, 0.3) is 0 Å². The van der Waals surface area contributed by atoms with Gasteiger partial charge in [0, 0.05) is 31.4 Å². The van der Waals surface area contributed by atoms with E-state index in [1.807, 2.05) is 32.9 Å². The van der Waals surface area contributed by atoms with Crippen molar-refractivity contribution in [3.05, 3.63) is 30.0 Å². The number of anilines is 1. The molecule has 33 heavy (non-hydrogen) atoms. The molecule has 1 aliphatic carbocycles. The van der Waals surface area contributed by atoms with Gasteiger partial charge in [-0.1, -0.05) is 25.7 Å².